The lowest BCUT2D eigenvalue weighted by atomic mass is 10.0. The van der Waals surface area contributed by atoms with Crippen molar-refractivity contribution >= 4 is 97.6 Å². The van der Waals surface area contributed by atoms with Crippen molar-refractivity contribution in [1.29, 1.82) is 32.5 Å². The van der Waals surface area contributed by atoms with Crippen LogP contribution in [0.5, 0.6) is 0 Å². The smallest absolute Gasteiger partial charge is 0.345 e. The molecule has 3 heterocycles. The number of nitrogens with two attached hydrogens (primary N) is 6. The summed E-state index contributed by atoms with van der Waals surface area (Å²) in [6.45, 7) is 6.60. The maximum Gasteiger partial charge on any atom is 0.345 e. The second-order valence-corrected chi connectivity index (χ2v) is 34.1. The molecule has 39 nitrogen and oxygen atoms in total. The molecular formula is C68H130N24O15P2. The second-order valence-electron chi connectivity index (χ2n) is 28.9. The Morgan fingerprint density at radius 2 is 0.697 bits per heavy atom. The number of morpholine rings is 3. The molecule has 3 saturated heterocycles. The number of amides is 8. The van der Waals surface area contributed by atoms with Crippen molar-refractivity contribution < 1.29 is 72.1 Å². The van der Waals surface area contributed by atoms with Gasteiger partial charge < -0.3 is 99.8 Å². The van der Waals surface area contributed by atoms with Crippen molar-refractivity contribution in [3.8, 4) is 0 Å². The van der Waals surface area contributed by atoms with Crippen LogP contribution >= 0.6 is 15.3 Å². The van der Waals surface area contributed by atoms with E-state index in [1.807, 2.05) is 13.8 Å². The molecule has 25 N–H and O–H groups in total. The number of rotatable bonds is 54. The molecule has 0 bridgehead atoms. The molecule has 14 unspecified atom stereocenters. The molecule has 0 radical (unpaired) electrons. The summed E-state index contributed by atoms with van der Waals surface area (Å²) in [5.74, 6) is -6.56. The van der Waals surface area contributed by atoms with Crippen LogP contribution in [0.4, 0.5) is 0 Å². The number of unbranched alkanes of at least 4 members (excludes halogenated alkanes) is 6. The predicted molar refractivity (Wildman–Crippen MR) is 415 cm³/mol. The molecule has 3 fully saturated rings. The van der Waals surface area contributed by atoms with Crippen molar-refractivity contribution in [2.45, 2.75) is 262 Å². The number of carbonyl (C=O) groups is 8. The van der Waals surface area contributed by atoms with E-state index in [-0.39, 0.29) is 203 Å². The number of hydrogen-bond acceptors (Lipinski definition) is 21. The van der Waals surface area contributed by atoms with Gasteiger partial charge in [0.2, 0.25) is 47.3 Å². The third kappa shape index (κ3) is 36.6. The molecule has 0 spiro atoms. The summed E-state index contributed by atoms with van der Waals surface area (Å²) >= 11 is 0. The maximum atomic E-state index is 15.1. The van der Waals surface area contributed by atoms with E-state index in [4.69, 9.17) is 91.5 Å². The highest BCUT2D eigenvalue weighted by atomic mass is 31.2. The van der Waals surface area contributed by atoms with E-state index in [2.05, 4.69) is 37.2 Å². The Balaban J connectivity index is 1.92. The summed E-state index contributed by atoms with van der Waals surface area (Å²) < 4.78 is 74.8. The van der Waals surface area contributed by atoms with Crippen LogP contribution in [0, 0.1) is 32.5 Å². The van der Waals surface area contributed by atoms with Crippen LogP contribution < -0.4 is 71.6 Å². The lowest BCUT2D eigenvalue weighted by molar-refractivity contribution is -0.147. The summed E-state index contributed by atoms with van der Waals surface area (Å²) in [5.41, 5.74) is 33.9. The van der Waals surface area contributed by atoms with Gasteiger partial charge in [0.25, 0.3) is 0 Å². The van der Waals surface area contributed by atoms with Gasteiger partial charge >= 0.3 is 15.3 Å². The first kappa shape index (κ1) is 94.1. The number of hydrogen-bond donors (Lipinski definition) is 19. The molecule has 14 atom stereocenters. The van der Waals surface area contributed by atoms with Crippen LogP contribution in [-0.2, 0) is 70.7 Å². The Morgan fingerprint density at radius 1 is 0.422 bits per heavy atom. The highest BCUT2D eigenvalue weighted by Gasteiger charge is 2.45. The summed E-state index contributed by atoms with van der Waals surface area (Å²) in [6.07, 6.45) is 1.30. The van der Waals surface area contributed by atoms with E-state index in [9.17, 15) is 42.9 Å². The third-order valence-corrected chi connectivity index (χ3v) is 23.4. The van der Waals surface area contributed by atoms with E-state index >= 15 is 4.57 Å². The monoisotopic (exact) mass is 1590 g/mol. The molecule has 3 aliphatic heterocycles. The van der Waals surface area contributed by atoms with Crippen molar-refractivity contribution in [2.75, 3.05) is 87.2 Å². The molecule has 41 heteroatoms. The van der Waals surface area contributed by atoms with Gasteiger partial charge in [0.15, 0.2) is 0 Å². The fourth-order valence-corrected chi connectivity index (χ4v) is 16.9. The molecular weight excluding hydrogens is 1450 g/mol. The van der Waals surface area contributed by atoms with Crippen LogP contribution in [-0.4, -0.2) is 266 Å². The molecule has 3 rings (SSSR count). The van der Waals surface area contributed by atoms with E-state index in [1.165, 1.54) is 21.2 Å². The van der Waals surface area contributed by atoms with Crippen LogP contribution in [0.1, 0.15) is 190 Å². The van der Waals surface area contributed by atoms with Crippen LogP contribution in [0.25, 0.3) is 0 Å². The van der Waals surface area contributed by atoms with Gasteiger partial charge in [0, 0.05) is 86.1 Å². The van der Waals surface area contributed by atoms with Gasteiger partial charge in [-0.15, -0.1) is 0 Å². The molecule has 622 valence electrons. The number of nitrogens with zero attached hydrogens (tertiary/aromatic N) is 5. The Kier molecular flexibility index (Phi) is 42.4. The van der Waals surface area contributed by atoms with Gasteiger partial charge in [0.05, 0.1) is 91.4 Å². The zero-order chi connectivity index (χ0) is 82.4. The maximum absolute atomic E-state index is 15.1. The van der Waals surface area contributed by atoms with Gasteiger partial charge in [0.1, 0.15) is 36.3 Å². The zero-order valence-electron chi connectivity index (χ0n) is 66.2. The minimum Gasteiger partial charge on any atom is -0.388 e. The summed E-state index contributed by atoms with van der Waals surface area (Å²) in [5, 5.41) is 65.6. The molecule has 109 heavy (non-hydrogen) atoms. The van der Waals surface area contributed by atoms with Crippen molar-refractivity contribution in [3.63, 3.8) is 0 Å². The molecule has 3 aliphatic rings. The van der Waals surface area contributed by atoms with E-state index in [0.29, 0.717) is 51.5 Å². The SMILES string of the molecule is [3H]CC1CN(P(=O)(OCC2CN(P(=O)(OCC3CN(C(=O)CNC(=O)C(CCCCC(=N)N)NC(=O)C(CCCCC(=N)N)NC(=O)C(CCCCC(=N)N)NC(=O)C(CCCCC(=N)N)NC(=O)C(CCCCC(=N)N)NC(=O)C(CCCCC(=N)N)NC(C)=O)CC(C)O3)N(C)C)CC(C)O2)N(C)C)CC(C)O1. The van der Waals surface area contributed by atoms with Gasteiger partial charge in [-0.05, 0) is 133 Å². The summed E-state index contributed by atoms with van der Waals surface area (Å²) in [4.78, 5) is 115. The first-order valence-electron chi connectivity index (χ1n) is 38.4. The third-order valence-electron chi connectivity index (χ3n) is 18.3. The number of amidine groups is 6. The highest BCUT2D eigenvalue weighted by molar-refractivity contribution is 7.54. The lowest BCUT2D eigenvalue weighted by Crippen LogP contribution is -2.59. The average Bonchev–Trinajstić information content (AvgIpc) is 0.794. The van der Waals surface area contributed by atoms with Gasteiger partial charge in [-0.2, -0.15) is 0 Å². The van der Waals surface area contributed by atoms with Gasteiger partial charge in [-0.3, -0.25) is 79.9 Å². The molecule has 8 amide bonds. The minimum absolute atomic E-state index is 0.00141. The van der Waals surface area contributed by atoms with Crippen LogP contribution in [0.15, 0.2) is 0 Å². The van der Waals surface area contributed by atoms with E-state index in [0.717, 1.165) is 0 Å². The second kappa shape index (κ2) is 49.1. The zero-order valence-corrected chi connectivity index (χ0v) is 67.0. The number of ether oxygens (including phenoxy) is 3. The first-order chi connectivity index (χ1) is 51.8. The first-order valence-corrected chi connectivity index (χ1v) is 40.8. The van der Waals surface area contributed by atoms with E-state index < -0.39 is 136 Å². The molecule has 0 aliphatic carbocycles. The Hall–Kier alpha value is -7.32. The summed E-state index contributed by atoms with van der Waals surface area (Å²) in [6, 6.07) is -7.98. The summed E-state index contributed by atoms with van der Waals surface area (Å²) in [7, 11) is -0.957. The molecule has 0 aromatic heterocycles. The molecule has 0 aromatic rings. The van der Waals surface area contributed by atoms with Crippen molar-refractivity contribution in [2.24, 2.45) is 34.4 Å². The van der Waals surface area contributed by atoms with Crippen LogP contribution in [0.3, 0.4) is 0 Å². The highest BCUT2D eigenvalue weighted by Crippen LogP contribution is 2.56. The topological polar surface area (TPSA) is 616 Å². The Bertz CT molecular complexity index is 3170. The normalized spacial score (nSPS) is 21.3. The van der Waals surface area contributed by atoms with Gasteiger partial charge in [-0.25, -0.2) is 18.7 Å². The van der Waals surface area contributed by atoms with Crippen molar-refractivity contribution in [1.82, 2.24) is 60.8 Å². The standard InChI is InChI=1S/C68H130N24O15P2/c1-43-35-90(39-48(106-43)41-103-109(102,89(8)9)92-38-46(4)107-49(40-92)42-104-108(101,88(6)7)91-36-44(2)105-45(3)37-91)62(94)34-81-63(95)50(22-10-16-28-56(69)70)83-65(97)52(24-12-18-30-58(73)74)85-67(99)54(26-14-20-32-60(77)78)87-68(100)55(27-15-21-33-61(79)80)86-66(98)53(25-13-19-31-59(75)76)84-64(96)51(82-47(5)93)23-11-17-29-57(71)72/h43-46,48-55H,10-42H2,1-9H3,(H3,69,70)(H3,71,72)(H3,73,74)(H3,75,76)(H3,77,78)(H3,79,80)(H,81,95)(H,82,93)(H,83,97)(H,84,96)(H,85,99)(H,86,98)(H,87,100)/i2T. The minimum atomic E-state index is -3.86. The fraction of sp³-hybridized carbons (Fsp3) is 0.794. The quantitative estimate of drug-likeness (QED) is 0.0176. The van der Waals surface area contributed by atoms with Crippen LogP contribution in [0.2, 0.25) is 0 Å². The van der Waals surface area contributed by atoms with Gasteiger partial charge in [-0.1, -0.05) is 38.5 Å². The number of carbonyl (C=O) groups excluding carboxylic acids is 8. The Morgan fingerprint density at radius 3 is 1.00 bits per heavy atom. The predicted octanol–water partition coefficient (Wildman–Crippen LogP) is 1.20. The molecule has 0 aromatic carbocycles. The number of nitrogens with one attached hydrogen (secondary N) is 13. The average molecular weight is 1590 g/mol. The van der Waals surface area contributed by atoms with E-state index in [1.54, 1.807) is 44.5 Å². The fourth-order valence-electron chi connectivity index (χ4n) is 12.7. The lowest BCUT2D eigenvalue weighted by Gasteiger charge is -2.44. The largest absolute Gasteiger partial charge is 0.388 e. The molecule has 0 saturated carbocycles. The Labute approximate surface area is 643 Å². The van der Waals surface area contributed by atoms with Crippen molar-refractivity contribution in [3.05, 3.63) is 0 Å².